The van der Waals surface area contributed by atoms with Gasteiger partial charge in [-0.1, -0.05) is 34.1 Å². The Labute approximate surface area is 103 Å². The van der Waals surface area contributed by atoms with E-state index in [2.05, 4.69) is 15.9 Å². The van der Waals surface area contributed by atoms with Crippen molar-refractivity contribution in [1.82, 2.24) is 4.31 Å². The SMILES string of the molecule is O=S(=O)(c1ccccc1)N1CCO[C@@H]1CBr. The van der Waals surface area contributed by atoms with Crippen molar-refractivity contribution in [2.75, 3.05) is 18.5 Å². The lowest BCUT2D eigenvalue weighted by atomic mass is 10.4. The summed E-state index contributed by atoms with van der Waals surface area (Å²) in [5, 5.41) is 0.485. The third-order valence-corrected chi connectivity index (χ3v) is 4.88. The van der Waals surface area contributed by atoms with Gasteiger partial charge in [0.15, 0.2) is 0 Å². The Balaban J connectivity index is 2.33. The number of benzene rings is 1. The molecule has 0 unspecified atom stereocenters. The molecule has 16 heavy (non-hydrogen) atoms. The van der Waals surface area contributed by atoms with Crippen LogP contribution in [0.3, 0.4) is 0 Å². The highest BCUT2D eigenvalue weighted by molar-refractivity contribution is 9.09. The van der Waals surface area contributed by atoms with Crippen molar-refractivity contribution in [3.05, 3.63) is 30.3 Å². The summed E-state index contributed by atoms with van der Waals surface area (Å²) in [6, 6.07) is 8.42. The van der Waals surface area contributed by atoms with Crippen molar-refractivity contribution in [1.29, 1.82) is 0 Å². The first kappa shape index (κ1) is 12.0. The van der Waals surface area contributed by atoms with Crippen molar-refractivity contribution >= 4 is 26.0 Å². The molecular weight excluding hydrogens is 294 g/mol. The summed E-state index contributed by atoms with van der Waals surface area (Å²) < 4.78 is 31.2. The molecule has 1 fully saturated rings. The zero-order valence-corrected chi connectivity index (χ0v) is 10.9. The highest BCUT2D eigenvalue weighted by Crippen LogP contribution is 2.22. The Hall–Kier alpha value is -0.430. The minimum atomic E-state index is -3.42. The third-order valence-electron chi connectivity index (χ3n) is 2.42. The minimum absolute atomic E-state index is 0.312. The van der Waals surface area contributed by atoms with E-state index in [1.807, 2.05) is 0 Å². The molecule has 1 heterocycles. The first-order valence-corrected chi connectivity index (χ1v) is 7.47. The summed E-state index contributed by atoms with van der Waals surface area (Å²) in [5.74, 6) is 0. The second kappa shape index (κ2) is 4.83. The smallest absolute Gasteiger partial charge is 0.245 e. The molecule has 1 saturated heterocycles. The van der Waals surface area contributed by atoms with Gasteiger partial charge in [-0.05, 0) is 12.1 Å². The van der Waals surface area contributed by atoms with Gasteiger partial charge in [-0.3, -0.25) is 0 Å². The fourth-order valence-corrected chi connectivity index (χ4v) is 3.89. The van der Waals surface area contributed by atoms with Gasteiger partial charge >= 0.3 is 0 Å². The topological polar surface area (TPSA) is 46.6 Å². The third kappa shape index (κ3) is 2.15. The van der Waals surface area contributed by atoms with Gasteiger partial charge in [0.2, 0.25) is 10.0 Å². The van der Waals surface area contributed by atoms with Crippen LogP contribution in [0.5, 0.6) is 0 Å². The molecule has 0 spiro atoms. The Morgan fingerprint density at radius 1 is 1.38 bits per heavy atom. The van der Waals surface area contributed by atoms with Gasteiger partial charge in [-0.2, -0.15) is 4.31 Å². The van der Waals surface area contributed by atoms with Crippen LogP contribution >= 0.6 is 15.9 Å². The predicted octanol–water partition coefficient (Wildman–Crippen LogP) is 1.43. The maximum Gasteiger partial charge on any atom is 0.245 e. The Morgan fingerprint density at radius 3 is 2.69 bits per heavy atom. The number of sulfonamides is 1. The first-order chi connectivity index (χ1) is 7.66. The molecular formula is C10H12BrNO3S. The van der Waals surface area contributed by atoms with E-state index in [4.69, 9.17) is 4.74 Å². The number of hydrogen-bond acceptors (Lipinski definition) is 3. The Morgan fingerprint density at radius 2 is 2.06 bits per heavy atom. The lowest BCUT2D eigenvalue weighted by molar-refractivity contribution is 0.0895. The lowest BCUT2D eigenvalue weighted by Gasteiger charge is -2.20. The monoisotopic (exact) mass is 305 g/mol. The van der Waals surface area contributed by atoms with Crippen LogP contribution in [0, 0.1) is 0 Å². The Bertz CT molecular complexity index is 448. The molecule has 4 nitrogen and oxygen atoms in total. The molecule has 2 rings (SSSR count). The lowest BCUT2D eigenvalue weighted by Crippen LogP contribution is -2.37. The molecule has 1 aliphatic rings. The second-order valence-electron chi connectivity index (χ2n) is 3.41. The molecule has 0 amide bonds. The van der Waals surface area contributed by atoms with Crippen LogP contribution in [-0.4, -0.2) is 37.4 Å². The van der Waals surface area contributed by atoms with Crippen LogP contribution in [0.4, 0.5) is 0 Å². The van der Waals surface area contributed by atoms with Gasteiger partial charge in [0.05, 0.1) is 11.5 Å². The van der Waals surface area contributed by atoms with Gasteiger partial charge in [0, 0.05) is 11.9 Å². The molecule has 88 valence electrons. The molecule has 0 radical (unpaired) electrons. The molecule has 0 aliphatic carbocycles. The molecule has 0 aromatic heterocycles. The molecule has 1 aromatic carbocycles. The number of halogens is 1. The summed E-state index contributed by atoms with van der Waals surface area (Å²) in [4.78, 5) is 0.312. The molecule has 6 heteroatoms. The van der Waals surface area contributed by atoms with Gasteiger partial charge in [-0.15, -0.1) is 0 Å². The van der Waals surface area contributed by atoms with E-state index in [0.717, 1.165) is 0 Å². The normalized spacial score (nSPS) is 22.4. The number of nitrogens with zero attached hydrogens (tertiary/aromatic N) is 1. The molecule has 0 bridgehead atoms. The molecule has 1 atom stereocenters. The van der Waals surface area contributed by atoms with Crippen LogP contribution < -0.4 is 0 Å². The van der Waals surface area contributed by atoms with E-state index in [1.165, 1.54) is 4.31 Å². The zero-order chi connectivity index (χ0) is 11.6. The maximum absolute atomic E-state index is 12.2. The molecule has 0 saturated carbocycles. The van der Waals surface area contributed by atoms with Crippen molar-refractivity contribution in [3.8, 4) is 0 Å². The van der Waals surface area contributed by atoms with Crippen molar-refractivity contribution in [3.63, 3.8) is 0 Å². The number of rotatable bonds is 3. The van der Waals surface area contributed by atoms with E-state index in [0.29, 0.717) is 23.4 Å². The van der Waals surface area contributed by atoms with Crippen LogP contribution in [0.2, 0.25) is 0 Å². The van der Waals surface area contributed by atoms with Crippen molar-refractivity contribution < 1.29 is 13.2 Å². The fourth-order valence-electron chi connectivity index (χ4n) is 1.63. The van der Waals surface area contributed by atoms with Crippen molar-refractivity contribution in [2.45, 2.75) is 11.1 Å². The van der Waals surface area contributed by atoms with Gasteiger partial charge < -0.3 is 4.74 Å². The average molecular weight is 306 g/mol. The molecule has 1 aromatic rings. The predicted molar refractivity (Wildman–Crippen MR) is 63.9 cm³/mol. The Kier molecular flexibility index (Phi) is 3.63. The highest BCUT2D eigenvalue weighted by atomic mass is 79.9. The number of alkyl halides is 1. The number of hydrogen-bond donors (Lipinski definition) is 0. The first-order valence-electron chi connectivity index (χ1n) is 4.91. The van der Waals surface area contributed by atoms with E-state index in [9.17, 15) is 8.42 Å². The van der Waals surface area contributed by atoms with E-state index in [1.54, 1.807) is 30.3 Å². The minimum Gasteiger partial charge on any atom is -0.360 e. The number of ether oxygens (including phenoxy) is 1. The second-order valence-corrected chi connectivity index (χ2v) is 5.95. The van der Waals surface area contributed by atoms with Gasteiger partial charge in [0.1, 0.15) is 6.23 Å². The van der Waals surface area contributed by atoms with Crippen LogP contribution in [-0.2, 0) is 14.8 Å². The van der Waals surface area contributed by atoms with Gasteiger partial charge in [-0.25, -0.2) is 8.42 Å². The molecule has 0 N–H and O–H groups in total. The van der Waals surface area contributed by atoms with Gasteiger partial charge in [0.25, 0.3) is 0 Å². The standard InChI is InChI=1S/C10H12BrNO3S/c11-8-10-12(6-7-15-10)16(13,14)9-4-2-1-3-5-9/h1-5,10H,6-8H2/t10-/m1/s1. The summed E-state index contributed by atoms with van der Waals surface area (Å²) in [7, 11) is -3.42. The quantitative estimate of drug-likeness (QED) is 0.794. The summed E-state index contributed by atoms with van der Waals surface area (Å²) >= 11 is 3.25. The highest BCUT2D eigenvalue weighted by Gasteiger charge is 2.35. The maximum atomic E-state index is 12.2. The summed E-state index contributed by atoms with van der Waals surface area (Å²) in [6.45, 7) is 0.857. The largest absolute Gasteiger partial charge is 0.360 e. The summed E-state index contributed by atoms with van der Waals surface area (Å²) in [6.07, 6.45) is -0.398. The van der Waals surface area contributed by atoms with Crippen LogP contribution in [0.25, 0.3) is 0 Å². The average Bonchev–Trinajstić information content (AvgIpc) is 2.79. The molecule has 1 aliphatic heterocycles. The summed E-state index contributed by atoms with van der Waals surface area (Å²) in [5.41, 5.74) is 0. The van der Waals surface area contributed by atoms with E-state index in [-0.39, 0.29) is 0 Å². The van der Waals surface area contributed by atoms with E-state index < -0.39 is 16.3 Å². The van der Waals surface area contributed by atoms with E-state index >= 15 is 0 Å². The van der Waals surface area contributed by atoms with Crippen LogP contribution in [0.15, 0.2) is 35.2 Å². The van der Waals surface area contributed by atoms with Crippen molar-refractivity contribution in [2.24, 2.45) is 0 Å². The fraction of sp³-hybridized carbons (Fsp3) is 0.400. The van der Waals surface area contributed by atoms with Crippen LogP contribution in [0.1, 0.15) is 0 Å². The zero-order valence-electron chi connectivity index (χ0n) is 8.54.